The zero-order valence-electron chi connectivity index (χ0n) is 22.5. The second kappa shape index (κ2) is 10.2. The van der Waals surface area contributed by atoms with Gasteiger partial charge in [0.25, 0.3) is 0 Å². The molecule has 0 spiro atoms. The van der Waals surface area contributed by atoms with Gasteiger partial charge in [-0.15, -0.1) is 0 Å². The van der Waals surface area contributed by atoms with Crippen molar-refractivity contribution in [2.75, 3.05) is 6.54 Å². The van der Waals surface area contributed by atoms with Gasteiger partial charge < -0.3 is 20.7 Å². The predicted molar refractivity (Wildman–Crippen MR) is 148 cm³/mol. The smallest absolute Gasteiger partial charge is 0.220 e. The van der Waals surface area contributed by atoms with Gasteiger partial charge in [0.2, 0.25) is 5.91 Å². The minimum Gasteiger partial charge on any atom is -0.390 e. The third-order valence-electron chi connectivity index (χ3n) is 9.30. The zero-order chi connectivity index (χ0) is 26.1. The molecular weight excluding hydrogens is 460 g/mol. The van der Waals surface area contributed by atoms with Gasteiger partial charge in [-0.1, -0.05) is 38.1 Å². The molecule has 37 heavy (non-hydrogen) atoms. The molecule has 2 aliphatic carbocycles. The maximum Gasteiger partial charge on any atom is 0.220 e. The van der Waals surface area contributed by atoms with Gasteiger partial charge in [-0.2, -0.15) is 0 Å². The van der Waals surface area contributed by atoms with Crippen LogP contribution in [0.2, 0.25) is 0 Å². The Bertz CT molecular complexity index is 1220. The molecule has 5 rings (SSSR count). The predicted octanol–water partition coefficient (Wildman–Crippen LogP) is 5.13. The fourth-order valence-electron chi connectivity index (χ4n) is 7.35. The molecular formula is C31H42N4O2. The van der Waals surface area contributed by atoms with Gasteiger partial charge in [-0.05, 0) is 86.0 Å². The van der Waals surface area contributed by atoms with Crippen LogP contribution in [0.25, 0.3) is 10.9 Å². The first-order valence-corrected chi connectivity index (χ1v) is 13.9. The summed E-state index contributed by atoms with van der Waals surface area (Å²) in [5.41, 5.74) is 2.86. The molecule has 6 nitrogen and oxygen atoms in total. The lowest BCUT2D eigenvalue weighted by Gasteiger charge is -2.51. The van der Waals surface area contributed by atoms with E-state index in [-0.39, 0.29) is 16.7 Å². The quantitative estimate of drug-likeness (QED) is 0.327. The molecule has 198 valence electrons. The van der Waals surface area contributed by atoms with Crippen LogP contribution in [0.5, 0.6) is 0 Å². The molecule has 2 aromatic heterocycles. The first-order chi connectivity index (χ1) is 17.7. The van der Waals surface area contributed by atoms with Crippen LogP contribution in [-0.4, -0.2) is 39.2 Å². The largest absolute Gasteiger partial charge is 0.390 e. The fourth-order valence-corrected chi connectivity index (χ4v) is 7.35. The Balaban J connectivity index is 1.25. The molecule has 2 fully saturated rings. The lowest BCUT2D eigenvalue weighted by molar-refractivity contribution is -0.123. The third-order valence-corrected chi connectivity index (χ3v) is 9.30. The molecule has 4 N–H and O–H groups in total. The molecule has 0 saturated heterocycles. The average Bonchev–Trinajstić information content (AvgIpc) is 3.38. The summed E-state index contributed by atoms with van der Waals surface area (Å²) in [6.45, 7) is 8.04. The maximum atomic E-state index is 13.0. The van der Waals surface area contributed by atoms with Crippen molar-refractivity contribution in [1.29, 1.82) is 0 Å². The number of rotatable bonds is 9. The second-order valence-electron chi connectivity index (χ2n) is 12.4. The zero-order valence-corrected chi connectivity index (χ0v) is 22.5. The standard InChI is InChI=1S/C31H42N4O2/c1-29(2)19-27(35-21-23-8-6-7-16-32-23)31(15-14-30(3,37)18-26(29)31)13-11-28(36)33-17-12-22-20-34-25-10-5-4-9-24(22)25/h4-10,16,20,26-27,34-35,37H,11-15,17-19,21H2,1-3H3,(H,33,36). The van der Waals surface area contributed by atoms with Crippen LogP contribution in [0.4, 0.5) is 0 Å². The summed E-state index contributed by atoms with van der Waals surface area (Å²) in [5, 5.41) is 19.3. The van der Waals surface area contributed by atoms with Crippen LogP contribution >= 0.6 is 0 Å². The normalized spacial score (nSPS) is 28.8. The van der Waals surface area contributed by atoms with Crippen LogP contribution in [-0.2, 0) is 17.8 Å². The molecule has 3 aromatic rings. The molecule has 1 amide bonds. The van der Waals surface area contributed by atoms with Crippen LogP contribution < -0.4 is 10.6 Å². The summed E-state index contributed by atoms with van der Waals surface area (Å²) in [4.78, 5) is 20.9. The summed E-state index contributed by atoms with van der Waals surface area (Å²) in [6.07, 6.45) is 9.63. The Hall–Kier alpha value is -2.70. The van der Waals surface area contributed by atoms with Crippen LogP contribution in [0.3, 0.4) is 0 Å². The van der Waals surface area contributed by atoms with E-state index in [1.165, 1.54) is 10.9 Å². The number of pyridine rings is 1. The molecule has 2 heterocycles. The minimum atomic E-state index is -0.636. The highest BCUT2D eigenvalue weighted by molar-refractivity contribution is 5.83. The number of para-hydroxylation sites is 1. The number of H-pyrrole nitrogens is 1. The van der Waals surface area contributed by atoms with Crippen molar-refractivity contribution in [2.24, 2.45) is 16.7 Å². The molecule has 0 aliphatic heterocycles. The van der Waals surface area contributed by atoms with E-state index in [0.29, 0.717) is 24.9 Å². The highest BCUT2D eigenvalue weighted by atomic mass is 16.3. The molecule has 2 saturated carbocycles. The molecule has 6 heteroatoms. The number of aliphatic hydroxyl groups is 1. The van der Waals surface area contributed by atoms with E-state index in [2.05, 4.69) is 58.7 Å². The Morgan fingerprint density at radius 1 is 1.11 bits per heavy atom. The van der Waals surface area contributed by atoms with E-state index in [4.69, 9.17) is 0 Å². The second-order valence-corrected chi connectivity index (χ2v) is 12.4. The summed E-state index contributed by atoms with van der Waals surface area (Å²) in [5.74, 6) is 0.488. The summed E-state index contributed by atoms with van der Waals surface area (Å²) in [7, 11) is 0. The number of benzene rings is 1. The number of hydrogen-bond donors (Lipinski definition) is 4. The molecule has 1 aromatic carbocycles. The number of carbonyl (C=O) groups excluding carboxylic acids is 1. The number of nitrogens with zero attached hydrogens (tertiary/aromatic N) is 1. The number of hydrogen-bond acceptors (Lipinski definition) is 4. The van der Waals surface area contributed by atoms with Crippen molar-refractivity contribution < 1.29 is 9.90 Å². The number of amides is 1. The van der Waals surface area contributed by atoms with E-state index < -0.39 is 5.60 Å². The Morgan fingerprint density at radius 2 is 1.92 bits per heavy atom. The van der Waals surface area contributed by atoms with E-state index >= 15 is 0 Å². The Labute approximate surface area is 220 Å². The van der Waals surface area contributed by atoms with Crippen molar-refractivity contribution in [3.8, 4) is 0 Å². The number of aromatic amines is 1. The van der Waals surface area contributed by atoms with Gasteiger partial charge >= 0.3 is 0 Å². The van der Waals surface area contributed by atoms with Gasteiger partial charge in [0, 0.05) is 48.8 Å². The van der Waals surface area contributed by atoms with Crippen molar-refractivity contribution in [2.45, 2.75) is 83.9 Å². The third kappa shape index (κ3) is 5.46. The van der Waals surface area contributed by atoms with Crippen LogP contribution in [0.1, 0.15) is 70.6 Å². The summed E-state index contributed by atoms with van der Waals surface area (Å²) < 4.78 is 0. The molecule has 2 aliphatic rings. The van der Waals surface area contributed by atoms with Crippen LogP contribution in [0.15, 0.2) is 54.9 Å². The van der Waals surface area contributed by atoms with Crippen molar-refractivity contribution in [3.05, 3.63) is 66.1 Å². The average molecular weight is 503 g/mol. The molecule has 4 unspecified atom stereocenters. The number of carbonyl (C=O) groups is 1. The highest BCUT2D eigenvalue weighted by Crippen LogP contribution is 2.63. The number of aromatic nitrogens is 2. The summed E-state index contributed by atoms with van der Waals surface area (Å²) >= 11 is 0. The first-order valence-electron chi connectivity index (χ1n) is 13.9. The lowest BCUT2D eigenvalue weighted by Crippen LogP contribution is -2.51. The van der Waals surface area contributed by atoms with Crippen molar-refractivity contribution in [3.63, 3.8) is 0 Å². The lowest BCUT2D eigenvalue weighted by atomic mass is 9.57. The van der Waals surface area contributed by atoms with E-state index in [9.17, 15) is 9.90 Å². The molecule has 4 atom stereocenters. The Kier molecular flexibility index (Phi) is 7.16. The van der Waals surface area contributed by atoms with Gasteiger partial charge in [0.15, 0.2) is 0 Å². The van der Waals surface area contributed by atoms with Gasteiger partial charge in [-0.3, -0.25) is 9.78 Å². The topological polar surface area (TPSA) is 90.0 Å². The van der Waals surface area contributed by atoms with Crippen LogP contribution in [0, 0.1) is 16.7 Å². The van der Waals surface area contributed by atoms with Gasteiger partial charge in [0.05, 0.1) is 11.3 Å². The Morgan fingerprint density at radius 3 is 2.73 bits per heavy atom. The van der Waals surface area contributed by atoms with Gasteiger partial charge in [-0.25, -0.2) is 0 Å². The molecule has 0 bridgehead atoms. The first kappa shape index (κ1) is 25.9. The van der Waals surface area contributed by atoms with Gasteiger partial charge in [0.1, 0.15) is 0 Å². The monoisotopic (exact) mass is 502 g/mol. The fraction of sp³-hybridized carbons (Fsp3) is 0.548. The minimum absolute atomic E-state index is 0.00526. The maximum absolute atomic E-state index is 13.0. The SMILES string of the molecule is CC1(O)CCC2(CCC(=O)NCCc3c[nH]c4ccccc34)C(NCc3ccccn3)CC(C)(C)C2C1. The molecule has 0 radical (unpaired) electrons. The highest BCUT2D eigenvalue weighted by Gasteiger charge is 2.61. The van der Waals surface area contributed by atoms with E-state index in [1.807, 2.05) is 37.5 Å². The van der Waals surface area contributed by atoms with Crippen molar-refractivity contribution in [1.82, 2.24) is 20.6 Å². The van der Waals surface area contributed by atoms with Crippen molar-refractivity contribution >= 4 is 16.8 Å². The number of nitrogens with one attached hydrogen (secondary N) is 3. The summed E-state index contributed by atoms with van der Waals surface area (Å²) in [6, 6.07) is 14.6. The van der Waals surface area contributed by atoms with E-state index in [1.54, 1.807) is 0 Å². The van der Waals surface area contributed by atoms with E-state index in [0.717, 1.165) is 56.3 Å². The number of fused-ring (bicyclic) bond motifs is 2.